The fourth-order valence-corrected chi connectivity index (χ4v) is 3.12. The Kier molecular flexibility index (Phi) is 3.93. The SMILES string of the molecule is Cc1cc(C)n(-c2c(C)n(C)n(-c3ccccc3)c2=O)c(=O)c1C#N. The van der Waals surface area contributed by atoms with E-state index in [9.17, 15) is 14.9 Å². The van der Waals surface area contributed by atoms with Crippen molar-refractivity contribution in [3.05, 3.63) is 79.6 Å². The zero-order chi connectivity index (χ0) is 18.3. The maximum Gasteiger partial charge on any atom is 0.296 e. The molecule has 0 aliphatic heterocycles. The van der Waals surface area contributed by atoms with Gasteiger partial charge in [0.15, 0.2) is 0 Å². The number of hydrogen-bond donors (Lipinski definition) is 0. The average molecular weight is 334 g/mol. The van der Waals surface area contributed by atoms with Crippen molar-refractivity contribution in [2.75, 3.05) is 0 Å². The summed E-state index contributed by atoms with van der Waals surface area (Å²) in [6.07, 6.45) is 0. The summed E-state index contributed by atoms with van der Waals surface area (Å²) in [6, 6.07) is 12.9. The minimum absolute atomic E-state index is 0.0551. The summed E-state index contributed by atoms with van der Waals surface area (Å²) in [7, 11) is 1.77. The maximum atomic E-state index is 13.1. The van der Waals surface area contributed by atoms with Crippen LogP contribution in [0.3, 0.4) is 0 Å². The molecule has 126 valence electrons. The van der Waals surface area contributed by atoms with Gasteiger partial charge in [0.2, 0.25) is 0 Å². The number of nitrogens with zero attached hydrogens (tertiary/aromatic N) is 4. The normalized spacial score (nSPS) is 10.7. The predicted octanol–water partition coefficient (Wildman–Crippen LogP) is 2.12. The third-order valence-corrected chi connectivity index (χ3v) is 4.45. The summed E-state index contributed by atoms with van der Waals surface area (Å²) in [5, 5.41) is 9.29. The van der Waals surface area contributed by atoms with Gasteiger partial charge in [-0.05, 0) is 44.5 Å². The van der Waals surface area contributed by atoms with Crippen molar-refractivity contribution < 1.29 is 0 Å². The van der Waals surface area contributed by atoms with Gasteiger partial charge < -0.3 is 0 Å². The van der Waals surface area contributed by atoms with Crippen molar-refractivity contribution in [2.45, 2.75) is 20.8 Å². The van der Waals surface area contributed by atoms with E-state index in [2.05, 4.69) is 0 Å². The number of hydrogen-bond acceptors (Lipinski definition) is 3. The molecule has 0 saturated carbocycles. The first-order valence-electron chi connectivity index (χ1n) is 7.86. The molecular formula is C19H18N4O2. The summed E-state index contributed by atoms with van der Waals surface area (Å²) in [4.78, 5) is 25.9. The van der Waals surface area contributed by atoms with Gasteiger partial charge in [-0.25, -0.2) is 4.68 Å². The Balaban J connectivity index is 2.42. The van der Waals surface area contributed by atoms with Crippen LogP contribution >= 0.6 is 0 Å². The molecule has 2 aromatic heterocycles. The molecular weight excluding hydrogens is 316 g/mol. The monoisotopic (exact) mass is 334 g/mol. The second-order valence-electron chi connectivity index (χ2n) is 6.01. The fraction of sp³-hybridized carbons (Fsp3) is 0.211. The van der Waals surface area contributed by atoms with Crippen LogP contribution in [0.1, 0.15) is 22.5 Å². The number of aryl methyl sites for hydroxylation is 2. The molecule has 25 heavy (non-hydrogen) atoms. The first kappa shape index (κ1) is 16.5. The van der Waals surface area contributed by atoms with Crippen molar-refractivity contribution in [2.24, 2.45) is 7.05 Å². The number of benzene rings is 1. The van der Waals surface area contributed by atoms with E-state index in [-0.39, 0.29) is 16.8 Å². The van der Waals surface area contributed by atoms with Crippen LogP contribution in [-0.4, -0.2) is 13.9 Å². The summed E-state index contributed by atoms with van der Waals surface area (Å²) in [6.45, 7) is 5.26. The molecule has 1 aromatic carbocycles. The Morgan fingerprint density at radius 2 is 1.64 bits per heavy atom. The van der Waals surface area contributed by atoms with Crippen LogP contribution in [0.2, 0.25) is 0 Å². The molecule has 6 nitrogen and oxygen atoms in total. The van der Waals surface area contributed by atoms with Gasteiger partial charge in [-0.2, -0.15) is 5.26 Å². The van der Waals surface area contributed by atoms with Crippen LogP contribution in [-0.2, 0) is 7.05 Å². The lowest BCUT2D eigenvalue weighted by Crippen LogP contribution is -2.29. The number of para-hydroxylation sites is 1. The van der Waals surface area contributed by atoms with Gasteiger partial charge in [0.05, 0.1) is 11.4 Å². The minimum atomic E-state index is -0.467. The van der Waals surface area contributed by atoms with Gasteiger partial charge in [0, 0.05) is 12.7 Å². The predicted molar refractivity (Wildman–Crippen MR) is 95.5 cm³/mol. The molecule has 0 aliphatic rings. The highest BCUT2D eigenvalue weighted by molar-refractivity contribution is 5.45. The number of nitriles is 1. The zero-order valence-electron chi connectivity index (χ0n) is 14.6. The number of pyridine rings is 1. The Bertz CT molecular complexity index is 1130. The van der Waals surface area contributed by atoms with Crippen LogP contribution in [0.25, 0.3) is 11.4 Å². The molecule has 3 rings (SSSR count). The van der Waals surface area contributed by atoms with E-state index in [1.165, 1.54) is 9.25 Å². The third kappa shape index (κ3) is 2.41. The van der Waals surface area contributed by atoms with Crippen molar-refractivity contribution >= 4 is 0 Å². The number of rotatable bonds is 2. The smallest absolute Gasteiger partial charge is 0.283 e. The van der Waals surface area contributed by atoms with Crippen molar-refractivity contribution in [1.29, 1.82) is 5.26 Å². The lowest BCUT2D eigenvalue weighted by atomic mass is 10.1. The van der Waals surface area contributed by atoms with Crippen LogP contribution in [0.5, 0.6) is 0 Å². The molecule has 0 N–H and O–H groups in total. The van der Waals surface area contributed by atoms with E-state index in [1.54, 1.807) is 38.6 Å². The van der Waals surface area contributed by atoms with Crippen molar-refractivity contribution in [3.63, 3.8) is 0 Å². The molecule has 0 bridgehead atoms. The summed E-state index contributed by atoms with van der Waals surface area (Å²) in [5.41, 5.74) is 2.14. The standard InChI is InChI=1S/C19H18N4O2/c1-12-10-13(2)22(18(24)16(12)11-20)17-14(3)21(4)23(19(17)25)15-8-6-5-7-9-15/h5-10H,1-4H3. The lowest BCUT2D eigenvalue weighted by Gasteiger charge is -2.10. The van der Waals surface area contributed by atoms with Crippen LogP contribution in [0.4, 0.5) is 0 Å². The van der Waals surface area contributed by atoms with E-state index in [0.717, 1.165) is 0 Å². The Hall–Kier alpha value is -3.33. The molecule has 0 spiro atoms. The highest BCUT2D eigenvalue weighted by Gasteiger charge is 2.21. The highest BCUT2D eigenvalue weighted by atomic mass is 16.1. The molecule has 0 amide bonds. The maximum absolute atomic E-state index is 13.1. The number of aromatic nitrogens is 3. The Morgan fingerprint density at radius 1 is 1.00 bits per heavy atom. The van der Waals surface area contributed by atoms with E-state index in [1.807, 2.05) is 36.4 Å². The average Bonchev–Trinajstić information content (AvgIpc) is 2.79. The molecule has 6 heteroatoms. The zero-order valence-corrected chi connectivity index (χ0v) is 14.6. The minimum Gasteiger partial charge on any atom is -0.283 e. The van der Waals surface area contributed by atoms with Crippen LogP contribution in [0, 0.1) is 32.1 Å². The molecule has 0 aliphatic carbocycles. The largest absolute Gasteiger partial charge is 0.296 e. The van der Waals surface area contributed by atoms with E-state index in [4.69, 9.17) is 0 Å². The van der Waals surface area contributed by atoms with Gasteiger partial charge in [0.25, 0.3) is 11.1 Å². The molecule has 2 heterocycles. The summed E-state index contributed by atoms with van der Waals surface area (Å²) < 4.78 is 4.57. The molecule has 0 radical (unpaired) electrons. The van der Waals surface area contributed by atoms with Crippen molar-refractivity contribution in [3.8, 4) is 17.4 Å². The molecule has 0 saturated heterocycles. The van der Waals surface area contributed by atoms with Crippen LogP contribution in [0.15, 0.2) is 46.0 Å². The second-order valence-corrected chi connectivity index (χ2v) is 6.01. The molecule has 0 fully saturated rings. The topological polar surface area (TPSA) is 72.7 Å². The fourth-order valence-electron chi connectivity index (χ4n) is 3.12. The molecule has 3 aromatic rings. The first-order valence-corrected chi connectivity index (χ1v) is 7.86. The molecule has 0 atom stereocenters. The first-order chi connectivity index (χ1) is 11.9. The lowest BCUT2D eigenvalue weighted by molar-refractivity contribution is 0.630. The second kappa shape index (κ2) is 5.95. The third-order valence-electron chi connectivity index (χ3n) is 4.45. The van der Waals surface area contributed by atoms with E-state index >= 15 is 0 Å². The van der Waals surface area contributed by atoms with Gasteiger partial charge in [-0.15, -0.1) is 0 Å². The Morgan fingerprint density at radius 3 is 2.24 bits per heavy atom. The molecule has 0 unspecified atom stereocenters. The van der Waals surface area contributed by atoms with E-state index < -0.39 is 5.56 Å². The van der Waals surface area contributed by atoms with Crippen molar-refractivity contribution in [1.82, 2.24) is 13.9 Å². The van der Waals surface area contributed by atoms with E-state index in [0.29, 0.717) is 22.6 Å². The quantitative estimate of drug-likeness (QED) is 0.720. The summed E-state index contributed by atoms with van der Waals surface area (Å²) >= 11 is 0. The summed E-state index contributed by atoms with van der Waals surface area (Å²) in [5.74, 6) is 0. The van der Waals surface area contributed by atoms with Gasteiger partial charge in [0.1, 0.15) is 17.3 Å². The van der Waals surface area contributed by atoms with Gasteiger partial charge >= 0.3 is 0 Å². The Labute approximate surface area is 144 Å². The van der Waals surface area contributed by atoms with Crippen LogP contribution < -0.4 is 11.1 Å². The van der Waals surface area contributed by atoms with Gasteiger partial charge in [-0.1, -0.05) is 18.2 Å². The van der Waals surface area contributed by atoms with Gasteiger partial charge in [-0.3, -0.25) is 18.8 Å². The highest BCUT2D eigenvalue weighted by Crippen LogP contribution is 2.15.